The van der Waals surface area contributed by atoms with Gasteiger partial charge in [0.2, 0.25) is 11.8 Å². The third-order valence-electron chi connectivity index (χ3n) is 9.06. The van der Waals surface area contributed by atoms with E-state index in [1.165, 1.54) is 4.90 Å². The van der Waals surface area contributed by atoms with E-state index in [2.05, 4.69) is 0 Å². The number of carbonyl (C=O) groups is 3. The average molecular weight is 557 g/mol. The van der Waals surface area contributed by atoms with Gasteiger partial charge in [0.1, 0.15) is 23.2 Å². The number of amides is 2. The molecular weight excluding hydrogens is 520 g/mol. The van der Waals surface area contributed by atoms with Crippen LogP contribution in [-0.2, 0) is 36.8 Å². The fraction of sp³-hybridized carbons (Fsp3) is 0.424. The highest BCUT2D eigenvalue weighted by Gasteiger charge is 2.75. The van der Waals surface area contributed by atoms with Gasteiger partial charge in [0.25, 0.3) is 0 Å². The molecule has 2 aromatic rings. The van der Waals surface area contributed by atoms with Crippen LogP contribution in [0.4, 0.5) is 0 Å². The zero-order valence-electron chi connectivity index (χ0n) is 23.2. The molecule has 2 amide bonds. The molecule has 1 unspecified atom stereocenters. The Labute approximate surface area is 240 Å². The number of cyclic esters (lactones) is 1. The Morgan fingerprint density at radius 2 is 1.63 bits per heavy atom. The predicted octanol–water partition coefficient (Wildman–Crippen LogP) is 3.05. The Balaban J connectivity index is 1.48. The number of ether oxygens (including phenoxy) is 2. The summed E-state index contributed by atoms with van der Waals surface area (Å²) in [5, 5.41) is 10.7. The first-order valence-electron chi connectivity index (χ1n) is 14.5. The van der Waals surface area contributed by atoms with Crippen molar-refractivity contribution in [1.82, 2.24) is 9.80 Å². The fourth-order valence-corrected chi connectivity index (χ4v) is 7.19. The van der Waals surface area contributed by atoms with E-state index in [4.69, 9.17) is 9.47 Å². The molecule has 1 spiro atoms. The summed E-state index contributed by atoms with van der Waals surface area (Å²) in [6.07, 6.45) is 8.90. The van der Waals surface area contributed by atoms with E-state index in [-0.39, 0.29) is 25.0 Å². The van der Waals surface area contributed by atoms with Gasteiger partial charge in [0, 0.05) is 13.1 Å². The molecule has 2 aromatic carbocycles. The molecule has 0 aromatic heterocycles. The fourth-order valence-electron chi connectivity index (χ4n) is 7.19. The van der Waals surface area contributed by atoms with Gasteiger partial charge in [0.15, 0.2) is 0 Å². The van der Waals surface area contributed by atoms with Gasteiger partial charge < -0.3 is 24.4 Å². The van der Waals surface area contributed by atoms with Gasteiger partial charge >= 0.3 is 5.97 Å². The summed E-state index contributed by atoms with van der Waals surface area (Å²) in [5.74, 6) is -3.00. The molecule has 4 aliphatic rings. The van der Waals surface area contributed by atoms with Crippen LogP contribution in [0.5, 0.6) is 0 Å². The number of fused-ring (bicyclic) bond motifs is 2. The van der Waals surface area contributed by atoms with E-state index >= 15 is 0 Å². The summed E-state index contributed by atoms with van der Waals surface area (Å²) < 4.78 is 12.6. The predicted molar refractivity (Wildman–Crippen MR) is 151 cm³/mol. The lowest BCUT2D eigenvalue weighted by molar-refractivity contribution is -0.163. The van der Waals surface area contributed by atoms with Crippen molar-refractivity contribution in [3.63, 3.8) is 0 Å². The smallest absolute Gasteiger partial charge is 0.313 e. The van der Waals surface area contributed by atoms with Crippen molar-refractivity contribution < 1.29 is 29.0 Å². The molecule has 41 heavy (non-hydrogen) atoms. The second-order valence-corrected chi connectivity index (χ2v) is 11.4. The number of likely N-dealkylation sites (tertiary alicyclic amines) is 1. The summed E-state index contributed by atoms with van der Waals surface area (Å²) in [7, 11) is 0. The molecule has 1 N–H and O–H groups in total. The maximum Gasteiger partial charge on any atom is 0.313 e. The van der Waals surface area contributed by atoms with E-state index < -0.39 is 41.1 Å². The van der Waals surface area contributed by atoms with Crippen LogP contribution >= 0.6 is 0 Å². The van der Waals surface area contributed by atoms with Gasteiger partial charge in [-0.3, -0.25) is 14.4 Å². The highest BCUT2D eigenvalue weighted by Crippen LogP contribution is 2.58. The number of hydrogen-bond donors (Lipinski definition) is 1. The molecule has 0 bridgehead atoms. The molecular formula is C33H36N2O6. The average Bonchev–Trinajstić information content (AvgIpc) is 3.35. The lowest BCUT2D eigenvalue weighted by atomic mass is 9.73. The number of benzene rings is 2. The lowest BCUT2D eigenvalue weighted by Gasteiger charge is -2.41. The van der Waals surface area contributed by atoms with Crippen LogP contribution in [0.1, 0.15) is 30.9 Å². The second-order valence-electron chi connectivity index (χ2n) is 11.4. The van der Waals surface area contributed by atoms with Gasteiger partial charge in [-0.25, -0.2) is 0 Å². The van der Waals surface area contributed by atoms with Crippen molar-refractivity contribution >= 4 is 17.8 Å². The minimum Gasteiger partial charge on any atom is -0.465 e. The van der Waals surface area contributed by atoms with Crippen molar-refractivity contribution in [1.29, 1.82) is 0 Å². The van der Waals surface area contributed by atoms with E-state index in [1.54, 1.807) is 4.90 Å². The number of aliphatic hydroxyl groups excluding tert-OH is 1. The maximum atomic E-state index is 14.6. The summed E-state index contributed by atoms with van der Waals surface area (Å²) in [4.78, 5) is 46.1. The van der Waals surface area contributed by atoms with Gasteiger partial charge in [0.05, 0.1) is 25.2 Å². The molecule has 0 aliphatic carbocycles. The number of nitrogens with zero attached hydrogens (tertiary/aromatic N) is 2. The molecule has 4 heterocycles. The summed E-state index contributed by atoms with van der Waals surface area (Å²) >= 11 is 0. The Morgan fingerprint density at radius 3 is 2.32 bits per heavy atom. The molecule has 8 heteroatoms. The van der Waals surface area contributed by atoms with Crippen LogP contribution < -0.4 is 0 Å². The topological polar surface area (TPSA) is 96.4 Å². The molecule has 6 atom stereocenters. The van der Waals surface area contributed by atoms with Crippen molar-refractivity contribution in [3.8, 4) is 0 Å². The number of carbonyl (C=O) groups excluding carboxylic acids is 3. The van der Waals surface area contributed by atoms with Gasteiger partial charge in [-0.05, 0) is 30.4 Å². The van der Waals surface area contributed by atoms with E-state index in [1.807, 2.05) is 91.9 Å². The molecule has 2 fully saturated rings. The third kappa shape index (κ3) is 4.50. The van der Waals surface area contributed by atoms with E-state index in [0.717, 1.165) is 11.1 Å². The number of aliphatic hydroxyl groups is 1. The zero-order valence-corrected chi connectivity index (χ0v) is 23.2. The molecule has 6 rings (SSSR count). The molecule has 4 aliphatic heterocycles. The van der Waals surface area contributed by atoms with Crippen molar-refractivity contribution in [3.05, 3.63) is 96.1 Å². The van der Waals surface area contributed by atoms with Crippen LogP contribution in [0.15, 0.2) is 85.0 Å². The Hall–Kier alpha value is -3.75. The molecule has 214 valence electrons. The SMILES string of the molecule is CC[C@]12C=CCCOC(=O)[C@H]1[C@H]1C(=O)N([C@@H](CO)Cc3ccccc3)C3C(=O)N(Cc4ccccc4)CC=C[C@@]31O2. The minimum atomic E-state index is -1.39. The van der Waals surface area contributed by atoms with Gasteiger partial charge in [-0.15, -0.1) is 0 Å². The summed E-state index contributed by atoms with van der Waals surface area (Å²) in [6.45, 7) is 2.49. The van der Waals surface area contributed by atoms with Crippen LogP contribution in [0.3, 0.4) is 0 Å². The quantitative estimate of drug-likeness (QED) is 0.416. The minimum absolute atomic E-state index is 0.222. The Bertz CT molecular complexity index is 1360. The Kier molecular flexibility index (Phi) is 7.30. The normalized spacial score (nSPS) is 31.6. The summed E-state index contributed by atoms with van der Waals surface area (Å²) in [5.41, 5.74) is -0.584. The largest absolute Gasteiger partial charge is 0.465 e. The second kappa shape index (κ2) is 10.9. The molecule has 0 radical (unpaired) electrons. The molecule has 0 saturated carbocycles. The van der Waals surface area contributed by atoms with Crippen LogP contribution in [0.2, 0.25) is 0 Å². The maximum absolute atomic E-state index is 14.6. The molecule has 2 saturated heterocycles. The first-order chi connectivity index (χ1) is 19.9. The standard InChI is InChI=1S/C33H36N2O6/c1-2-32-16-9-10-19-40-31(39)27(32)26-29(37)35(25(22-36)20-23-12-5-3-6-13-23)28-30(38)34(18-11-17-33(26,28)41-32)21-24-14-7-4-8-15-24/h3-9,11-17,25-28,36H,2,10,18-22H2,1H3/t25-,26+,27-,28?,32+,33+/m1/s1. The van der Waals surface area contributed by atoms with E-state index in [9.17, 15) is 19.5 Å². The third-order valence-corrected chi connectivity index (χ3v) is 9.06. The van der Waals surface area contributed by atoms with Crippen molar-refractivity contribution in [2.24, 2.45) is 11.8 Å². The highest BCUT2D eigenvalue weighted by atomic mass is 16.6. The van der Waals surface area contributed by atoms with Crippen molar-refractivity contribution in [2.45, 2.75) is 56.0 Å². The van der Waals surface area contributed by atoms with Crippen molar-refractivity contribution in [2.75, 3.05) is 19.8 Å². The van der Waals surface area contributed by atoms with Gasteiger partial charge in [-0.1, -0.05) is 91.9 Å². The number of hydrogen-bond acceptors (Lipinski definition) is 6. The monoisotopic (exact) mass is 556 g/mol. The first kappa shape index (κ1) is 27.4. The zero-order chi connectivity index (χ0) is 28.6. The van der Waals surface area contributed by atoms with E-state index in [0.29, 0.717) is 32.4 Å². The highest BCUT2D eigenvalue weighted by molar-refractivity contribution is 5.99. The lowest BCUT2D eigenvalue weighted by Crippen LogP contribution is -2.59. The number of rotatable bonds is 7. The first-order valence-corrected chi connectivity index (χ1v) is 14.5. The molecule has 8 nitrogen and oxygen atoms in total. The number of esters is 1. The van der Waals surface area contributed by atoms with Crippen LogP contribution in [-0.4, -0.2) is 75.7 Å². The van der Waals surface area contributed by atoms with Gasteiger partial charge in [-0.2, -0.15) is 0 Å². The van der Waals surface area contributed by atoms with Crippen LogP contribution in [0.25, 0.3) is 0 Å². The summed E-state index contributed by atoms with van der Waals surface area (Å²) in [6, 6.07) is 17.6. The van der Waals surface area contributed by atoms with Crippen LogP contribution in [0, 0.1) is 11.8 Å². The Morgan fingerprint density at radius 1 is 0.927 bits per heavy atom.